The third-order valence-corrected chi connectivity index (χ3v) is 8.16. The summed E-state index contributed by atoms with van der Waals surface area (Å²) < 4.78 is 28.2. The summed E-state index contributed by atoms with van der Waals surface area (Å²) in [7, 11) is -3.63. The minimum atomic E-state index is -3.63. The summed E-state index contributed by atoms with van der Waals surface area (Å²) in [6.45, 7) is 5.39. The summed E-state index contributed by atoms with van der Waals surface area (Å²) in [5.41, 5.74) is 2.61. The molecule has 1 aliphatic heterocycles. The molecule has 1 fully saturated rings. The molecule has 0 saturated carbocycles. The van der Waals surface area contributed by atoms with Crippen molar-refractivity contribution in [1.82, 2.24) is 24.4 Å². The maximum atomic E-state index is 13.3. The fourth-order valence-corrected chi connectivity index (χ4v) is 6.44. The van der Waals surface area contributed by atoms with E-state index in [2.05, 4.69) is 29.1 Å². The fourth-order valence-electron chi connectivity index (χ4n) is 4.53. The van der Waals surface area contributed by atoms with Gasteiger partial charge in [-0.05, 0) is 59.9 Å². The van der Waals surface area contributed by atoms with E-state index in [0.717, 1.165) is 22.9 Å². The van der Waals surface area contributed by atoms with Crippen LogP contribution in [0.2, 0.25) is 5.02 Å². The zero-order valence-electron chi connectivity index (χ0n) is 18.3. The molecule has 0 N–H and O–H groups in total. The number of aromatic nitrogens is 4. The number of piperidine rings is 1. The van der Waals surface area contributed by atoms with Crippen molar-refractivity contribution in [3.8, 4) is 0 Å². The van der Waals surface area contributed by atoms with Crippen molar-refractivity contribution >= 4 is 43.6 Å². The molecule has 4 aromatic rings. The number of pyridine rings is 1. The van der Waals surface area contributed by atoms with Crippen molar-refractivity contribution in [2.24, 2.45) is 11.8 Å². The van der Waals surface area contributed by atoms with E-state index in [0.29, 0.717) is 41.0 Å². The maximum Gasteiger partial charge on any atom is 0.243 e. The van der Waals surface area contributed by atoms with Gasteiger partial charge in [0, 0.05) is 35.3 Å². The van der Waals surface area contributed by atoms with Gasteiger partial charge in [0.2, 0.25) is 10.0 Å². The van der Waals surface area contributed by atoms with Crippen molar-refractivity contribution in [3.63, 3.8) is 0 Å². The van der Waals surface area contributed by atoms with Crippen LogP contribution in [0.15, 0.2) is 53.6 Å². The summed E-state index contributed by atoms with van der Waals surface area (Å²) in [4.78, 5) is 11.8. The Morgan fingerprint density at radius 1 is 1.12 bits per heavy atom. The van der Waals surface area contributed by atoms with E-state index >= 15 is 0 Å². The molecule has 8 nitrogen and oxygen atoms in total. The van der Waals surface area contributed by atoms with Crippen molar-refractivity contribution in [3.05, 3.63) is 59.2 Å². The largest absolute Gasteiger partial charge is 0.390 e. The van der Waals surface area contributed by atoms with Crippen LogP contribution in [0.25, 0.3) is 21.9 Å². The predicted octanol–water partition coefficient (Wildman–Crippen LogP) is 3.93. The van der Waals surface area contributed by atoms with E-state index in [1.807, 2.05) is 18.2 Å². The summed E-state index contributed by atoms with van der Waals surface area (Å²) >= 11 is 6.28. The van der Waals surface area contributed by atoms with Gasteiger partial charge in [-0.2, -0.15) is 4.31 Å². The van der Waals surface area contributed by atoms with Gasteiger partial charge >= 0.3 is 0 Å². The Morgan fingerprint density at radius 3 is 2.70 bits per heavy atom. The molecule has 2 aromatic carbocycles. The van der Waals surface area contributed by atoms with Crippen LogP contribution in [0.1, 0.15) is 25.8 Å². The standard InChI is InChI=1S/C23H24ClN5O3S/c1-15-10-16(2)13-28(12-15)33(30,31)18-6-8-21-22(11-18)29(27-26-21)32-14-17-5-7-20(24)19-4-3-9-25-23(17)19/h3-9,11,15-16H,10,12-14H2,1-2H3. The highest BCUT2D eigenvalue weighted by atomic mass is 35.5. The van der Waals surface area contributed by atoms with Crippen molar-refractivity contribution in [2.45, 2.75) is 31.8 Å². The van der Waals surface area contributed by atoms with Crippen LogP contribution in [0, 0.1) is 11.8 Å². The van der Waals surface area contributed by atoms with Crippen LogP contribution in [-0.4, -0.2) is 46.0 Å². The molecule has 0 aliphatic carbocycles. The predicted molar refractivity (Wildman–Crippen MR) is 126 cm³/mol. The molecule has 10 heteroatoms. The van der Waals surface area contributed by atoms with E-state index in [9.17, 15) is 8.42 Å². The average molecular weight is 486 g/mol. The quantitative estimate of drug-likeness (QED) is 0.425. The second kappa shape index (κ2) is 8.55. The van der Waals surface area contributed by atoms with E-state index < -0.39 is 10.0 Å². The highest BCUT2D eigenvalue weighted by Crippen LogP contribution is 2.28. The number of sulfonamides is 1. The Hall–Kier alpha value is -2.75. The third-order valence-electron chi connectivity index (χ3n) is 6.00. The first kappa shape index (κ1) is 22.1. The van der Waals surface area contributed by atoms with Gasteiger partial charge in [-0.1, -0.05) is 36.4 Å². The lowest BCUT2D eigenvalue weighted by Crippen LogP contribution is -2.42. The van der Waals surface area contributed by atoms with Crippen LogP contribution in [-0.2, 0) is 16.6 Å². The molecule has 33 heavy (non-hydrogen) atoms. The van der Waals surface area contributed by atoms with Crippen molar-refractivity contribution < 1.29 is 13.3 Å². The second-order valence-corrected chi connectivity index (χ2v) is 11.1. The van der Waals surface area contributed by atoms with Gasteiger partial charge in [0.15, 0.2) is 0 Å². The number of hydrogen-bond donors (Lipinski definition) is 0. The average Bonchev–Trinajstić information content (AvgIpc) is 3.20. The number of fused-ring (bicyclic) bond motifs is 2. The van der Waals surface area contributed by atoms with Gasteiger partial charge in [-0.25, -0.2) is 8.42 Å². The number of rotatable bonds is 5. The normalized spacial score (nSPS) is 19.8. The summed E-state index contributed by atoms with van der Waals surface area (Å²) in [6, 6.07) is 12.2. The molecule has 0 bridgehead atoms. The molecule has 2 unspecified atom stereocenters. The lowest BCUT2D eigenvalue weighted by Gasteiger charge is -2.34. The molecule has 3 heterocycles. The smallest absolute Gasteiger partial charge is 0.243 e. The zero-order valence-corrected chi connectivity index (χ0v) is 19.9. The van der Waals surface area contributed by atoms with E-state index in [-0.39, 0.29) is 11.5 Å². The zero-order chi connectivity index (χ0) is 23.2. The Labute approximate surface area is 197 Å². The minimum Gasteiger partial charge on any atom is -0.390 e. The van der Waals surface area contributed by atoms with Crippen LogP contribution >= 0.6 is 11.6 Å². The van der Waals surface area contributed by atoms with Crippen LogP contribution in [0.4, 0.5) is 0 Å². The molecule has 1 aliphatic rings. The Balaban J connectivity index is 1.44. The van der Waals surface area contributed by atoms with Gasteiger partial charge in [0.05, 0.1) is 10.4 Å². The SMILES string of the molecule is CC1CC(C)CN(S(=O)(=O)c2ccc3nnn(OCc4ccc(Cl)c5cccnc45)c3c2)C1. The first-order valence-corrected chi connectivity index (χ1v) is 12.7. The van der Waals surface area contributed by atoms with Gasteiger partial charge in [-0.15, -0.1) is 5.10 Å². The number of hydrogen-bond acceptors (Lipinski definition) is 6. The molecular formula is C23H24ClN5O3S. The molecule has 1 saturated heterocycles. The molecular weight excluding hydrogens is 462 g/mol. The second-order valence-electron chi connectivity index (χ2n) is 8.76. The molecule has 2 atom stereocenters. The van der Waals surface area contributed by atoms with E-state index in [1.54, 1.807) is 34.8 Å². The number of nitrogens with zero attached hydrogens (tertiary/aromatic N) is 5. The molecule has 0 radical (unpaired) electrons. The maximum absolute atomic E-state index is 13.3. The van der Waals surface area contributed by atoms with Gasteiger partial charge in [0.1, 0.15) is 17.6 Å². The van der Waals surface area contributed by atoms with Crippen LogP contribution < -0.4 is 4.84 Å². The van der Waals surface area contributed by atoms with Crippen molar-refractivity contribution in [2.75, 3.05) is 13.1 Å². The highest BCUT2D eigenvalue weighted by molar-refractivity contribution is 7.89. The first-order chi connectivity index (χ1) is 15.8. The summed E-state index contributed by atoms with van der Waals surface area (Å²) in [5.74, 6) is 0.649. The molecule has 2 aromatic heterocycles. The Kier molecular flexibility index (Phi) is 5.72. The van der Waals surface area contributed by atoms with Gasteiger partial charge in [-0.3, -0.25) is 4.98 Å². The molecule has 172 valence electrons. The summed E-state index contributed by atoms with van der Waals surface area (Å²) in [5, 5.41) is 9.62. The molecule has 0 spiro atoms. The first-order valence-electron chi connectivity index (χ1n) is 10.8. The van der Waals surface area contributed by atoms with E-state index in [4.69, 9.17) is 16.4 Å². The minimum absolute atomic E-state index is 0.168. The molecule has 5 rings (SSSR count). The summed E-state index contributed by atoms with van der Waals surface area (Å²) in [6.07, 6.45) is 2.73. The lowest BCUT2D eigenvalue weighted by molar-refractivity contribution is 0.0757. The Bertz CT molecular complexity index is 1430. The Morgan fingerprint density at radius 2 is 1.91 bits per heavy atom. The lowest BCUT2D eigenvalue weighted by atomic mass is 9.94. The van der Waals surface area contributed by atoms with E-state index in [1.165, 1.54) is 4.85 Å². The van der Waals surface area contributed by atoms with Crippen molar-refractivity contribution in [1.29, 1.82) is 0 Å². The topological polar surface area (TPSA) is 90.2 Å². The van der Waals surface area contributed by atoms with Gasteiger partial charge in [0.25, 0.3) is 0 Å². The monoisotopic (exact) mass is 485 g/mol. The number of halogens is 1. The van der Waals surface area contributed by atoms with Crippen LogP contribution in [0.5, 0.6) is 0 Å². The fraction of sp³-hybridized carbons (Fsp3) is 0.348. The highest BCUT2D eigenvalue weighted by Gasteiger charge is 2.32. The third kappa shape index (κ3) is 4.16. The number of benzene rings is 2. The van der Waals surface area contributed by atoms with Gasteiger partial charge < -0.3 is 4.84 Å². The molecule has 0 amide bonds. The van der Waals surface area contributed by atoms with Crippen LogP contribution in [0.3, 0.4) is 0 Å².